The molecule has 0 radical (unpaired) electrons. The largest absolute Gasteiger partial charge is 0.424 e. The molecule has 0 aliphatic carbocycles. The Balaban J connectivity index is 4.24. The van der Waals surface area contributed by atoms with Crippen LogP contribution in [0.15, 0.2) is 12.7 Å². The Kier molecular flexibility index (Phi) is 2.44. The van der Waals surface area contributed by atoms with Crippen LogP contribution in [0.1, 0.15) is 6.92 Å². The van der Waals surface area contributed by atoms with Gasteiger partial charge in [-0.15, -0.1) is 0 Å². The van der Waals surface area contributed by atoms with Gasteiger partial charge in [-0.2, -0.15) is 5.26 Å². The molecule has 0 rings (SSSR count). The van der Waals surface area contributed by atoms with Crippen LogP contribution in [-0.4, -0.2) is 11.7 Å². The molecule has 4 nitrogen and oxygen atoms in total. The van der Waals surface area contributed by atoms with Gasteiger partial charge in [0.15, 0.2) is 0 Å². The van der Waals surface area contributed by atoms with Gasteiger partial charge >= 0.3 is 6.09 Å². The summed E-state index contributed by atoms with van der Waals surface area (Å²) in [7, 11) is 0. The van der Waals surface area contributed by atoms with Gasteiger partial charge in [0.25, 0.3) is 0 Å². The number of hydrogen-bond donors (Lipinski definition) is 1. The minimum atomic E-state index is -1.30. The van der Waals surface area contributed by atoms with Crippen molar-refractivity contribution in [2.24, 2.45) is 5.73 Å². The lowest BCUT2D eigenvalue weighted by atomic mass is 10.1. The van der Waals surface area contributed by atoms with E-state index in [2.05, 4.69) is 17.0 Å². The molecule has 0 heterocycles. The normalized spacial score (nSPS) is 14.4. The Labute approximate surface area is 58.9 Å². The van der Waals surface area contributed by atoms with E-state index < -0.39 is 11.7 Å². The van der Waals surface area contributed by atoms with Crippen LogP contribution in [0.5, 0.6) is 0 Å². The zero-order valence-electron chi connectivity index (χ0n) is 5.63. The average Bonchev–Trinajstić information content (AvgIpc) is 1.87. The molecule has 0 aromatic heterocycles. The maximum absolute atomic E-state index is 10.1. The summed E-state index contributed by atoms with van der Waals surface area (Å²) in [5.41, 5.74) is 3.37. The summed E-state index contributed by atoms with van der Waals surface area (Å²) in [6.45, 7) is 4.70. The van der Waals surface area contributed by atoms with E-state index in [1.807, 2.05) is 0 Å². The molecule has 0 saturated heterocycles. The third kappa shape index (κ3) is 2.18. The van der Waals surface area contributed by atoms with Gasteiger partial charge < -0.3 is 10.5 Å². The Morgan fingerprint density at radius 1 is 2.00 bits per heavy atom. The van der Waals surface area contributed by atoms with Crippen LogP contribution in [0, 0.1) is 11.3 Å². The molecule has 10 heavy (non-hydrogen) atoms. The summed E-state index contributed by atoms with van der Waals surface area (Å²) < 4.78 is 4.40. The van der Waals surface area contributed by atoms with Gasteiger partial charge in [-0.05, 0) is 13.0 Å². The molecule has 1 amide bonds. The number of carbonyl (C=O) groups excluding carboxylic acids is 1. The highest BCUT2D eigenvalue weighted by molar-refractivity contribution is 5.66. The van der Waals surface area contributed by atoms with E-state index in [0.717, 1.165) is 0 Å². The fourth-order valence-corrected chi connectivity index (χ4v) is 0.319. The first-order valence-corrected chi connectivity index (χ1v) is 2.57. The Hall–Kier alpha value is -1.50. The number of primary amides is 1. The van der Waals surface area contributed by atoms with Crippen LogP contribution >= 0.6 is 0 Å². The summed E-state index contributed by atoms with van der Waals surface area (Å²) in [4.78, 5) is 10.1. The second-order valence-corrected chi connectivity index (χ2v) is 1.84. The molecule has 1 unspecified atom stereocenters. The maximum Gasteiger partial charge on any atom is 0.406 e. The van der Waals surface area contributed by atoms with Crippen molar-refractivity contribution in [2.75, 3.05) is 0 Å². The van der Waals surface area contributed by atoms with E-state index in [0.29, 0.717) is 0 Å². The van der Waals surface area contributed by atoms with E-state index in [9.17, 15) is 4.79 Å². The fraction of sp³-hybridized carbons (Fsp3) is 0.333. The smallest absolute Gasteiger partial charge is 0.406 e. The third-order valence-electron chi connectivity index (χ3n) is 0.924. The highest BCUT2D eigenvalue weighted by Crippen LogP contribution is 2.08. The number of nitrogens with two attached hydrogens (primary N) is 1. The van der Waals surface area contributed by atoms with E-state index >= 15 is 0 Å². The van der Waals surface area contributed by atoms with Crippen molar-refractivity contribution < 1.29 is 9.53 Å². The minimum Gasteiger partial charge on any atom is -0.424 e. The molecular formula is C6H8N2O2. The second-order valence-electron chi connectivity index (χ2n) is 1.84. The SMILES string of the molecule is C=CC(C)(C#N)OC(N)=O. The van der Waals surface area contributed by atoms with Crippen molar-refractivity contribution in [1.82, 2.24) is 0 Å². The van der Waals surface area contributed by atoms with E-state index in [4.69, 9.17) is 5.26 Å². The van der Waals surface area contributed by atoms with Crippen molar-refractivity contribution in [3.63, 3.8) is 0 Å². The zero-order chi connectivity index (χ0) is 8.20. The lowest BCUT2D eigenvalue weighted by molar-refractivity contribution is 0.103. The van der Waals surface area contributed by atoms with Gasteiger partial charge in [-0.3, -0.25) is 0 Å². The molecule has 0 bridgehead atoms. The standard InChI is InChI=1S/C6H8N2O2/c1-3-6(2,4-7)10-5(8)9/h3H,1H2,2H3,(H2,8,9). The Morgan fingerprint density at radius 2 is 2.50 bits per heavy atom. The fourth-order valence-electron chi connectivity index (χ4n) is 0.319. The number of hydrogen-bond acceptors (Lipinski definition) is 3. The number of carbonyl (C=O) groups is 1. The first-order chi connectivity index (χ1) is 4.54. The minimum absolute atomic E-state index is 0.982. The molecular weight excluding hydrogens is 132 g/mol. The predicted octanol–water partition coefficient (Wildman–Crippen LogP) is 0.550. The monoisotopic (exact) mass is 140 g/mol. The van der Waals surface area contributed by atoms with Gasteiger partial charge in [-0.1, -0.05) is 6.58 Å². The highest BCUT2D eigenvalue weighted by Gasteiger charge is 2.22. The van der Waals surface area contributed by atoms with E-state index in [-0.39, 0.29) is 0 Å². The van der Waals surface area contributed by atoms with Crippen molar-refractivity contribution in [2.45, 2.75) is 12.5 Å². The molecule has 0 fully saturated rings. The lowest BCUT2D eigenvalue weighted by Gasteiger charge is -2.14. The van der Waals surface area contributed by atoms with Crippen LogP contribution in [0.2, 0.25) is 0 Å². The highest BCUT2D eigenvalue weighted by atomic mass is 16.6. The van der Waals surface area contributed by atoms with Gasteiger partial charge in [0.05, 0.1) is 0 Å². The molecule has 54 valence electrons. The number of nitriles is 1. The molecule has 0 saturated carbocycles. The van der Waals surface area contributed by atoms with Crippen molar-refractivity contribution in [3.8, 4) is 6.07 Å². The first kappa shape index (κ1) is 8.50. The number of nitrogens with zero attached hydrogens (tertiary/aromatic N) is 1. The van der Waals surface area contributed by atoms with E-state index in [1.54, 1.807) is 6.07 Å². The number of ether oxygens (including phenoxy) is 1. The first-order valence-electron chi connectivity index (χ1n) is 2.57. The maximum atomic E-state index is 10.1. The molecule has 4 heteroatoms. The van der Waals surface area contributed by atoms with Gasteiger partial charge in [-0.25, -0.2) is 4.79 Å². The average molecular weight is 140 g/mol. The van der Waals surface area contributed by atoms with Gasteiger partial charge in [0, 0.05) is 0 Å². The molecule has 1 atom stereocenters. The van der Waals surface area contributed by atoms with Crippen molar-refractivity contribution >= 4 is 6.09 Å². The molecule has 0 aliphatic rings. The molecule has 0 aliphatic heterocycles. The topological polar surface area (TPSA) is 76.1 Å². The molecule has 0 aromatic carbocycles. The predicted molar refractivity (Wildman–Crippen MR) is 34.9 cm³/mol. The zero-order valence-corrected chi connectivity index (χ0v) is 5.63. The Morgan fingerprint density at radius 3 is 2.60 bits per heavy atom. The number of amides is 1. The van der Waals surface area contributed by atoms with Crippen molar-refractivity contribution in [3.05, 3.63) is 12.7 Å². The molecule has 2 N–H and O–H groups in total. The molecule has 0 aromatic rings. The summed E-state index contributed by atoms with van der Waals surface area (Å²) >= 11 is 0. The summed E-state index contributed by atoms with van der Waals surface area (Å²) in [5.74, 6) is 0. The van der Waals surface area contributed by atoms with Crippen LogP contribution in [0.25, 0.3) is 0 Å². The van der Waals surface area contributed by atoms with Gasteiger partial charge in [0.1, 0.15) is 6.07 Å². The van der Waals surface area contributed by atoms with Gasteiger partial charge in [0.2, 0.25) is 5.60 Å². The van der Waals surface area contributed by atoms with Crippen LogP contribution in [0.3, 0.4) is 0 Å². The van der Waals surface area contributed by atoms with Crippen LogP contribution in [-0.2, 0) is 4.74 Å². The molecule has 0 spiro atoms. The van der Waals surface area contributed by atoms with Crippen LogP contribution < -0.4 is 5.73 Å². The lowest BCUT2D eigenvalue weighted by Crippen LogP contribution is -2.30. The summed E-state index contributed by atoms with van der Waals surface area (Å²) in [5, 5.41) is 8.38. The summed E-state index contributed by atoms with van der Waals surface area (Å²) in [6.07, 6.45) is 0.224. The van der Waals surface area contributed by atoms with Crippen LogP contribution in [0.4, 0.5) is 4.79 Å². The second kappa shape index (κ2) is 2.87. The third-order valence-corrected chi connectivity index (χ3v) is 0.924. The summed E-state index contributed by atoms with van der Waals surface area (Å²) in [6, 6.07) is 1.72. The van der Waals surface area contributed by atoms with Crippen molar-refractivity contribution in [1.29, 1.82) is 5.26 Å². The number of rotatable bonds is 2. The van der Waals surface area contributed by atoms with E-state index in [1.165, 1.54) is 13.0 Å². The quantitative estimate of drug-likeness (QED) is 0.569. The Bertz CT molecular complexity index is 194.